The zero-order valence-electron chi connectivity index (χ0n) is 27.3. The molecule has 0 aliphatic carbocycles. The van der Waals surface area contributed by atoms with Gasteiger partial charge in [0.05, 0.1) is 37.1 Å². The van der Waals surface area contributed by atoms with Gasteiger partial charge in [0.25, 0.3) is 0 Å². The molecule has 0 heterocycles. The first-order valence-corrected chi connectivity index (χ1v) is 20.8. The third-order valence-electron chi connectivity index (χ3n) is 6.46. The van der Waals surface area contributed by atoms with Crippen LogP contribution in [0.5, 0.6) is 0 Å². The van der Waals surface area contributed by atoms with Crippen molar-refractivity contribution in [3.8, 4) is 0 Å². The zero-order chi connectivity index (χ0) is 32.3. The van der Waals surface area contributed by atoms with E-state index in [9.17, 15) is 14.4 Å². The summed E-state index contributed by atoms with van der Waals surface area (Å²) in [5, 5.41) is 0. The van der Waals surface area contributed by atoms with Gasteiger partial charge in [0, 0.05) is 0 Å². The zero-order valence-corrected chi connectivity index (χ0v) is 33.3. The number of hydrogen-bond donors (Lipinski definition) is 3. The molecule has 0 amide bonds. The fraction of sp³-hybridized carbons (Fsp3) is 0.903. The molecular formula is C31H64O6S3Sn. The van der Waals surface area contributed by atoms with Gasteiger partial charge in [-0.1, -0.05) is 99.3 Å². The summed E-state index contributed by atoms with van der Waals surface area (Å²) in [6, 6.07) is 0. The molecule has 0 spiro atoms. The number of thiol groups is 3. The number of carbonyl (C=O) groups excluding carboxylic acids is 3. The van der Waals surface area contributed by atoms with Crippen LogP contribution in [0.3, 0.4) is 0 Å². The monoisotopic (exact) mass is 748 g/mol. The molecule has 3 atom stereocenters. The van der Waals surface area contributed by atoms with E-state index < -0.39 is 0 Å². The number of carbonyl (C=O) groups is 3. The Bertz CT molecular complexity index is 494. The molecule has 0 aromatic carbocycles. The van der Waals surface area contributed by atoms with Crippen LogP contribution >= 0.6 is 37.9 Å². The SMILES string of the molecule is CCCCC(CC)COC(=O)CS.CCCCC(CC)COC(=O)CS.CCCCC(CC)COC(=O)CS.[CH3][SnH]. The Balaban J connectivity index is -0.000000243. The van der Waals surface area contributed by atoms with Gasteiger partial charge < -0.3 is 14.2 Å². The summed E-state index contributed by atoms with van der Waals surface area (Å²) in [4.78, 5) is 34.6. The van der Waals surface area contributed by atoms with Crippen LogP contribution in [0.4, 0.5) is 0 Å². The third kappa shape index (κ3) is 38.2. The molecule has 0 saturated heterocycles. The molecule has 0 aliphatic rings. The normalized spacial score (nSPS) is 12.1. The Morgan fingerprint density at radius 1 is 0.512 bits per heavy atom. The van der Waals surface area contributed by atoms with Crippen molar-refractivity contribution in [3.05, 3.63) is 0 Å². The maximum atomic E-state index is 10.8. The summed E-state index contributed by atoms with van der Waals surface area (Å²) in [5.74, 6) is 1.52. The maximum absolute atomic E-state index is 10.8. The third-order valence-corrected chi connectivity index (χ3v) is 7.23. The molecule has 0 fully saturated rings. The van der Waals surface area contributed by atoms with Gasteiger partial charge in [-0.25, -0.2) is 0 Å². The summed E-state index contributed by atoms with van der Waals surface area (Å²) < 4.78 is 15.1. The van der Waals surface area contributed by atoms with Gasteiger partial charge in [0.2, 0.25) is 0 Å². The summed E-state index contributed by atoms with van der Waals surface area (Å²) in [6.45, 7) is 14.6. The van der Waals surface area contributed by atoms with Gasteiger partial charge in [0.1, 0.15) is 0 Å². The summed E-state index contributed by atoms with van der Waals surface area (Å²) in [7, 11) is 0. The van der Waals surface area contributed by atoms with E-state index in [2.05, 4.69) is 84.4 Å². The summed E-state index contributed by atoms with van der Waals surface area (Å²) in [6.07, 6.45) is 14.0. The van der Waals surface area contributed by atoms with Crippen molar-refractivity contribution in [1.82, 2.24) is 0 Å². The molecule has 10 heteroatoms. The second-order valence-corrected chi connectivity index (χ2v) is 10.7. The van der Waals surface area contributed by atoms with Crippen LogP contribution in [0.2, 0.25) is 4.94 Å². The van der Waals surface area contributed by atoms with Crippen LogP contribution in [-0.4, -0.2) is 77.5 Å². The number of hydrogen-bond acceptors (Lipinski definition) is 9. The van der Waals surface area contributed by atoms with E-state index in [1.54, 1.807) is 0 Å². The van der Waals surface area contributed by atoms with E-state index >= 15 is 0 Å². The Hall–Kier alpha value is 0.259. The molecule has 0 rings (SSSR count). The van der Waals surface area contributed by atoms with Crippen molar-refractivity contribution < 1.29 is 28.6 Å². The van der Waals surface area contributed by atoms with Gasteiger partial charge in [-0.3, -0.25) is 14.4 Å². The van der Waals surface area contributed by atoms with Crippen LogP contribution in [0.15, 0.2) is 0 Å². The Labute approximate surface area is 283 Å². The first-order chi connectivity index (χ1) is 19.7. The van der Waals surface area contributed by atoms with E-state index in [-0.39, 0.29) is 35.2 Å². The van der Waals surface area contributed by atoms with Gasteiger partial charge >= 0.3 is 45.4 Å². The number of rotatable bonds is 21. The van der Waals surface area contributed by atoms with E-state index in [0.717, 1.165) is 38.5 Å². The standard InChI is InChI=1S/3C10H20O2S.CH3.Sn.H/c3*1-3-5-6-9(4-2)7-12-10(11)8-13;;;/h3*9,13H,3-8H2,1-2H3;1H3;;. The van der Waals surface area contributed by atoms with Crippen molar-refractivity contribution >= 4 is 78.3 Å². The van der Waals surface area contributed by atoms with E-state index in [0.29, 0.717) is 37.6 Å². The number of ether oxygens (including phenoxy) is 3. The van der Waals surface area contributed by atoms with Crippen LogP contribution in [0, 0.1) is 17.8 Å². The molecule has 0 aliphatic heterocycles. The van der Waals surface area contributed by atoms with E-state index in [4.69, 9.17) is 14.2 Å². The van der Waals surface area contributed by atoms with E-state index in [1.165, 1.54) is 61.0 Å². The molecule has 246 valence electrons. The van der Waals surface area contributed by atoms with Crippen molar-refractivity contribution in [2.75, 3.05) is 37.1 Å². The first kappa shape index (κ1) is 48.2. The summed E-state index contributed by atoms with van der Waals surface area (Å²) >= 11 is 12.9. The Morgan fingerprint density at radius 2 is 0.732 bits per heavy atom. The average molecular weight is 748 g/mol. The van der Waals surface area contributed by atoms with Crippen molar-refractivity contribution in [2.45, 2.75) is 124 Å². The van der Waals surface area contributed by atoms with Gasteiger partial charge in [-0.15, -0.1) is 0 Å². The number of unbranched alkanes of at least 4 members (excludes halogenated alkanes) is 3. The van der Waals surface area contributed by atoms with Crippen molar-refractivity contribution in [1.29, 1.82) is 0 Å². The molecular weight excluding hydrogens is 683 g/mol. The fourth-order valence-electron chi connectivity index (χ4n) is 3.46. The molecule has 3 unspecified atom stereocenters. The average Bonchev–Trinajstić information content (AvgIpc) is 3.02. The first-order valence-electron chi connectivity index (χ1n) is 15.6. The molecule has 0 aromatic heterocycles. The topological polar surface area (TPSA) is 78.9 Å². The predicted octanol–water partition coefficient (Wildman–Crippen LogP) is 7.96. The second kappa shape index (κ2) is 40.3. The molecule has 6 nitrogen and oxygen atoms in total. The van der Waals surface area contributed by atoms with Crippen molar-refractivity contribution in [2.24, 2.45) is 17.8 Å². The minimum absolute atomic E-state index is 0.185. The van der Waals surface area contributed by atoms with Crippen molar-refractivity contribution in [3.63, 3.8) is 0 Å². The molecule has 0 saturated carbocycles. The Kier molecular flexibility index (Phi) is 47.3. The molecule has 0 bridgehead atoms. The molecule has 0 N–H and O–H groups in total. The predicted molar refractivity (Wildman–Crippen MR) is 187 cm³/mol. The fourth-order valence-corrected chi connectivity index (χ4v) is 3.74. The van der Waals surface area contributed by atoms with Crippen LogP contribution in [0.25, 0.3) is 0 Å². The Morgan fingerprint density at radius 3 is 0.878 bits per heavy atom. The van der Waals surface area contributed by atoms with Crippen LogP contribution in [-0.2, 0) is 28.6 Å². The minimum atomic E-state index is -0.210. The van der Waals surface area contributed by atoms with Gasteiger partial charge in [-0.05, 0) is 37.0 Å². The molecule has 0 aromatic rings. The molecule has 41 heavy (non-hydrogen) atoms. The quantitative estimate of drug-likeness (QED) is 0.0479. The van der Waals surface area contributed by atoms with Gasteiger partial charge in [0.15, 0.2) is 0 Å². The van der Waals surface area contributed by atoms with Crippen LogP contribution < -0.4 is 0 Å². The second-order valence-electron chi connectivity index (χ2n) is 9.77. The van der Waals surface area contributed by atoms with Gasteiger partial charge in [-0.2, -0.15) is 37.9 Å². The number of esters is 3. The summed E-state index contributed by atoms with van der Waals surface area (Å²) in [5.41, 5.74) is 0. The van der Waals surface area contributed by atoms with Crippen LogP contribution in [0.1, 0.15) is 119 Å². The van der Waals surface area contributed by atoms with E-state index in [1.807, 2.05) is 0 Å². The molecule has 2 radical (unpaired) electrons.